The summed E-state index contributed by atoms with van der Waals surface area (Å²) in [6, 6.07) is -0.809. The summed E-state index contributed by atoms with van der Waals surface area (Å²) >= 11 is 0. The summed E-state index contributed by atoms with van der Waals surface area (Å²) in [6.45, 7) is 4.17. The van der Waals surface area contributed by atoms with Crippen molar-refractivity contribution in [3.63, 3.8) is 0 Å². The average Bonchev–Trinajstić information content (AvgIpc) is 3.12. The van der Waals surface area contributed by atoms with E-state index in [2.05, 4.69) is 43.5 Å². The van der Waals surface area contributed by atoms with Gasteiger partial charge in [-0.1, -0.05) is 205 Å². The van der Waals surface area contributed by atoms with Gasteiger partial charge in [-0.25, -0.2) is 0 Å². The molecule has 0 aromatic heterocycles. The molecular weight excluding hydrogens is 618 g/mol. The van der Waals surface area contributed by atoms with Crippen LogP contribution in [0.25, 0.3) is 0 Å². The second-order valence-electron chi connectivity index (χ2n) is 15.3. The van der Waals surface area contributed by atoms with Crippen molar-refractivity contribution in [1.29, 1.82) is 0 Å². The first-order valence-corrected chi connectivity index (χ1v) is 22.1. The normalized spacial score (nSPS) is 13.8. The van der Waals surface area contributed by atoms with Gasteiger partial charge >= 0.3 is 0 Å². The number of carbonyl (C=O) groups is 1. The van der Waals surface area contributed by atoms with Crippen LogP contribution >= 0.6 is 0 Å². The Morgan fingerprint density at radius 3 is 1.26 bits per heavy atom. The van der Waals surface area contributed by atoms with Crippen LogP contribution in [-0.4, -0.2) is 46.1 Å². The van der Waals surface area contributed by atoms with Gasteiger partial charge in [0, 0.05) is 6.42 Å². The summed E-state index contributed by atoms with van der Waals surface area (Å²) in [5.74, 6) is -0.149. The minimum atomic E-state index is -1.13. The molecule has 0 heterocycles. The van der Waals surface area contributed by atoms with Crippen LogP contribution in [0, 0.1) is 0 Å². The monoisotopic (exact) mass is 706 g/mol. The molecule has 296 valence electrons. The molecule has 3 atom stereocenters. The quantitative estimate of drug-likeness (QED) is 0.0377. The summed E-state index contributed by atoms with van der Waals surface area (Å²) in [5, 5.41) is 33.4. The van der Waals surface area contributed by atoms with Gasteiger partial charge in [-0.2, -0.15) is 0 Å². The predicted molar refractivity (Wildman–Crippen MR) is 218 cm³/mol. The van der Waals surface area contributed by atoms with Gasteiger partial charge in [-0.05, 0) is 44.9 Å². The molecule has 0 bridgehead atoms. The number of aliphatic hydroxyl groups is 3. The van der Waals surface area contributed by atoms with Crippen LogP contribution in [0.4, 0.5) is 0 Å². The highest BCUT2D eigenvalue weighted by Gasteiger charge is 2.26. The van der Waals surface area contributed by atoms with E-state index in [1.807, 2.05) is 0 Å². The third-order valence-corrected chi connectivity index (χ3v) is 10.3. The van der Waals surface area contributed by atoms with Gasteiger partial charge < -0.3 is 20.6 Å². The largest absolute Gasteiger partial charge is 0.394 e. The molecular formula is C45H87NO4. The van der Waals surface area contributed by atoms with Crippen LogP contribution in [0.3, 0.4) is 0 Å². The average molecular weight is 706 g/mol. The van der Waals surface area contributed by atoms with E-state index >= 15 is 0 Å². The zero-order valence-corrected chi connectivity index (χ0v) is 33.5. The molecule has 0 spiro atoms. The second-order valence-corrected chi connectivity index (χ2v) is 15.3. The lowest BCUT2D eigenvalue weighted by atomic mass is 9.99. The Labute approximate surface area is 312 Å². The Hall–Kier alpha value is -1.17. The van der Waals surface area contributed by atoms with E-state index < -0.39 is 18.2 Å². The van der Waals surface area contributed by atoms with E-state index in [9.17, 15) is 20.1 Å². The number of hydrogen-bond acceptors (Lipinski definition) is 4. The number of aliphatic hydroxyl groups excluding tert-OH is 3. The minimum Gasteiger partial charge on any atom is -0.394 e. The van der Waals surface area contributed by atoms with Crippen LogP contribution in [0.1, 0.15) is 232 Å². The zero-order valence-electron chi connectivity index (χ0n) is 33.5. The number of rotatable bonds is 40. The fourth-order valence-corrected chi connectivity index (χ4v) is 6.84. The smallest absolute Gasteiger partial charge is 0.220 e. The van der Waals surface area contributed by atoms with Gasteiger partial charge in [-0.15, -0.1) is 0 Å². The van der Waals surface area contributed by atoms with Crippen LogP contribution in [0.15, 0.2) is 24.3 Å². The fraction of sp³-hybridized carbons (Fsp3) is 0.889. The first kappa shape index (κ1) is 48.8. The lowest BCUT2D eigenvalue weighted by molar-refractivity contribution is -0.124. The molecule has 5 heteroatoms. The predicted octanol–water partition coefficient (Wildman–Crippen LogP) is 12.6. The Morgan fingerprint density at radius 2 is 0.860 bits per heavy atom. The molecule has 0 saturated heterocycles. The fourth-order valence-electron chi connectivity index (χ4n) is 6.84. The number of allylic oxidation sites excluding steroid dienone is 4. The molecule has 0 aromatic carbocycles. The Balaban J connectivity index is 3.59. The topological polar surface area (TPSA) is 89.8 Å². The maximum absolute atomic E-state index is 12.4. The van der Waals surface area contributed by atoms with Gasteiger partial charge in [0.25, 0.3) is 0 Å². The van der Waals surface area contributed by atoms with E-state index in [4.69, 9.17) is 0 Å². The highest BCUT2D eigenvalue weighted by atomic mass is 16.3. The minimum absolute atomic E-state index is 0.149. The van der Waals surface area contributed by atoms with Gasteiger partial charge in [0.2, 0.25) is 5.91 Å². The van der Waals surface area contributed by atoms with Crippen molar-refractivity contribution in [3.05, 3.63) is 24.3 Å². The van der Waals surface area contributed by atoms with E-state index in [0.717, 1.165) is 44.9 Å². The molecule has 0 radical (unpaired) electrons. The van der Waals surface area contributed by atoms with Crippen molar-refractivity contribution in [3.8, 4) is 0 Å². The van der Waals surface area contributed by atoms with Crippen LogP contribution in [-0.2, 0) is 4.79 Å². The maximum atomic E-state index is 12.4. The van der Waals surface area contributed by atoms with E-state index in [-0.39, 0.29) is 12.5 Å². The molecule has 0 aromatic rings. The van der Waals surface area contributed by atoms with E-state index in [0.29, 0.717) is 12.8 Å². The first-order valence-electron chi connectivity index (χ1n) is 22.1. The highest BCUT2D eigenvalue weighted by Crippen LogP contribution is 2.16. The third kappa shape index (κ3) is 35.2. The standard InChI is InChI=1S/C45H87NO4/c1-3-5-7-9-11-13-15-16-17-18-19-20-21-22-23-24-25-26-27-28-30-32-34-36-38-40-44(49)46-42(41-47)45(50)43(48)39-37-35-33-31-29-14-12-10-8-6-4-2/h19-20,22-23,42-43,45,47-48,50H,3-18,21,24-41H2,1-2H3,(H,46,49)/b20-19-,23-22-. The second kappa shape index (κ2) is 40.6. The lowest BCUT2D eigenvalue weighted by Crippen LogP contribution is -2.50. The molecule has 0 saturated carbocycles. The maximum Gasteiger partial charge on any atom is 0.220 e. The number of unbranched alkanes of at least 4 members (excludes halogenated alkanes) is 28. The Morgan fingerprint density at radius 1 is 0.500 bits per heavy atom. The van der Waals surface area contributed by atoms with Crippen molar-refractivity contribution < 1.29 is 20.1 Å². The molecule has 0 aliphatic carbocycles. The van der Waals surface area contributed by atoms with Crippen molar-refractivity contribution in [1.82, 2.24) is 5.32 Å². The van der Waals surface area contributed by atoms with Gasteiger partial charge in [-0.3, -0.25) is 4.79 Å². The van der Waals surface area contributed by atoms with Crippen molar-refractivity contribution >= 4 is 5.91 Å². The summed E-state index contributed by atoms with van der Waals surface area (Å²) < 4.78 is 0. The molecule has 50 heavy (non-hydrogen) atoms. The highest BCUT2D eigenvalue weighted by molar-refractivity contribution is 5.76. The SMILES string of the molecule is CCCCCCCCCCC/C=C\C/C=C\CCCCCCCCCCCC(=O)NC(CO)C(O)C(O)CCCCCCCCCCCCC. The number of nitrogens with one attached hydrogen (secondary N) is 1. The lowest BCUT2D eigenvalue weighted by Gasteiger charge is -2.26. The molecule has 0 aliphatic heterocycles. The summed E-state index contributed by atoms with van der Waals surface area (Å²) in [6.07, 6.45) is 48.6. The molecule has 1 amide bonds. The first-order chi connectivity index (χ1) is 24.6. The van der Waals surface area contributed by atoms with Gasteiger partial charge in [0.1, 0.15) is 6.10 Å². The van der Waals surface area contributed by atoms with Crippen LogP contribution in [0.2, 0.25) is 0 Å². The van der Waals surface area contributed by atoms with Gasteiger partial charge in [0.15, 0.2) is 0 Å². The number of hydrogen-bond donors (Lipinski definition) is 4. The Bertz CT molecular complexity index is 739. The molecule has 3 unspecified atom stereocenters. The molecule has 0 rings (SSSR count). The van der Waals surface area contributed by atoms with Crippen LogP contribution < -0.4 is 5.32 Å². The van der Waals surface area contributed by atoms with Crippen molar-refractivity contribution in [2.75, 3.05) is 6.61 Å². The summed E-state index contributed by atoms with van der Waals surface area (Å²) in [7, 11) is 0. The number of carbonyl (C=O) groups excluding carboxylic acids is 1. The van der Waals surface area contributed by atoms with E-state index in [1.165, 1.54) is 161 Å². The van der Waals surface area contributed by atoms with Crippen LogP contribution in [0.5, 0.6) is 0 Å². The number of amides is 1. The van der Waals surface area contributed by atoms with Crippen molar-refractivity contribution in [2.45, 2.75) is 250 Å². The molecule has 5 nitrogen and oxygen atoms in total. The van der Waals surface area contributed by atoms with Crippen molar-refractivity contribution in [2.24, 2.45) is 0 Å². The summed E-state index contributed by atoms with van der Waals surface area (Å²) in [5.41, 5.74) is 0. The summed E-state index contributed by atoms with van der Waals surface area (Å²) in [4.78, 5) is 12.4. The Kier molecular flexibility index (Phi) is 39.6. The van der Waals surface area contributed by atoms with Gasteiger partial charge in [0.05, 0.1) is 18.8 Å². The molecule has 0 aliphatic rings. The van der Waals surface area contributed by atoms with E-state index in [1.54, 1.807) is 0 Å². The molecule has 4 N–H and O–H groups in total. The third-order valence-electron chi connectivity index (χ3n) is 10.3. The zero-order chi connectivity index (χ0) is 36.6. The molecule has 0 fully saturated rings.